The van der Waals surface area contributed by atoms with E-state index in [1.54, 1.807) is 0 Å². The molecule has 0 bridgehead atoms. The van der Waals surface area contributed by atoms with Crippen molar-refractivity contribution in [2.75, 3.05) is 0 Å². The summed E-state index contributed by atoms with van der Waals surface area (Å²) in [7, 11) is -3.23. The Morgan fingerprint density at radius 1 is 0.224 bits per heavy atom. The zero-order valence-corrected chi connectivity index (χ0v) is 37.7. The van der Waals surface area contributed by atoms with E-state index in [2.05, 4.69) is 255 Å². The van der Waals surface area contributed by atoms with Crippen LogP contribution in [0.25, 0.3) is 108 Å². The number of fused-ring (bicyclic) bond motifs is 5. The third kappa shape index (κ3) is 5.47. The summed E-state index contributed by atoms with van der Waals surface area (Å²) in [4.78, 5) is 0. The van der Waals surface area contributed by atoms with E-state index in [1.165, 1.54) is 129 Å². The predicted molar refractivity (Wildman–Crippen MR) is 292 cm³/mol. The van der Waals surface area contributed by atoms with Crippen LogP contribution in [0.3, 0.4) is 0 Å². The lowest BCUT2D eigenvalue weighted by Crippen LogP contribution is -2.75. The lowest BCUT2D eigenvalue weighted by Gasteiger charge is -2.38. The maximum absolute atomic E-state index is 3.23. The first-order valence-electron chi connectivity index (χ1n) is 23.4. The summed E-state index contributed by atoms with van der Waals surface area (Å²) < 4.78 is 0. The second-order valence-electron chi connectivity index (χ2n) is 18.2. The van der Waals surface area contributed by atoms with Crippen LogP contribution in [0, 0.1) is 0 Å². The number of rotatable bonds is 6. The zero-order chi connectivity index (χ0) is 44.1. The molecule has 0 atom stereocenters. The molecule has 0 aliphatic carbocycles. The molecule has 0 saturated carbocycles. The van der Waals surface area contributed by atoms with E-state index in [9.17, 15) is 0 Å². The fourth-order valence-corrected chi connectivity index (χ4v) is 17.6. The van der Waals surface area contributed by atoms with E-state index in [4.69, 9.17) is 0 Å². The molecule has 0 fully saturated rings. The minimum atomic E-state index is -3.23. The van der Waals surface area contributed by atoms with Crippen LogP contribution in [-0.4, -0.2) is 8.07 Å². The van der Waals surface area contributed by atoms with E-state index < -0.39 is 8.07 Å². The van der Waals surface area contributed by atoms with Crippen molar-refractivity contribution in [2.24, 2.45) is 0 Å². The maximum atomic E-state index is 2.50. The van der Waals surface area contributed by atoms with E-state index in [-0.39, 0.29) is 0 Å². The van der Waals surface area contributed by atoms with Gasteiger partial charge in [0.1, 0.15) is 0 Å². The Hall–Kier alpha value is -8.36. The van der Waals surface area contributed by atoms with Crippen LogP contribution in [0.1, 0.15) is 0 Å². The molecule has 0 heterocycles. The standard InChI is InChI=1S/C66H42Si/c1-3-22-49(23-4-1)67(50-24-5-2-6-25-50,60-41-39-46-36-35-44-20-17-21-45-38-40-59(60)63(46)61(44)45)66-57-32-15-13-30-55(57)65(56-31-14-16-33-58(56)66)64-53-28-11-9-26-51(53)62(52-27-10-12-29-54(52)64)48-37-34-43-18-7-8-19-47(43)42-48/h1-42H. The largest absolute Gasteiger partial charge is 0.181 e. The molecule has 0 unspecified atom stereocenters. The van der Waals surface area contributed by atoms with Gasteiger partial charge in [-0.1, -0.05) is 249 Å². The molecule has 67 heavy (non-hydrogen) atoms. The summed E-state index contributed by atoms with van der Waals surface area (Å²) in [6, 6.07) is 96.7. The molecule has 14 aromatic carbocycles. The van der Waals surface area contributed by atoms with Gasteiger partial charge in [-0.25, -0.2) is 0 Å². The molecule has 1 heteroatoms. The first-order chi connectivity index (χ1) is 33.3. The Morgan fingerprint density at radius 3 is 1.16 bits per heavy atom. The summed E-state index contributed by atoms with van der Waals surface area (Å²) in [5.74, 6) is 0. The Kier molecular flexibility index (Phi) is 8.40. The molecule has 0 radical (unpaired) electrons. The van der Waals surface area contributed by atoms with E-state index in [0.29, 0.717) is 0 Å². The van der Waals surface area contributed by atoms with Gasteiger partial charge < -0.3 is 0 Å². The van der Waals surface area contributed by atoms with Gasteiger partial charge in [0.05, 0.1) is 0 Å². The Labute approximate surface area is 390 Å². The Bertz CT molecular complexity index is 4090. The first kappa shape index (κ1) is 38.0. The molecule has 0 aromatic heterocycles. The minimum absolute atomic E-state index is 1.23. The molecule has 0 saturated heterocycles. The smallest absolute Gasteiger partial charge is 0.0623 e. The predicted octanol–water partition coefficient (Wildman–Crippen LogP) is 15.1. The highest BCUT2D eigenvalue weighted by Crippen LogP contribution is 2.48. The summed E-state index contributed by atoms with van der Waals surface area (Å²) in [5.41, 5.74) is 5.08. The van der Waals surface area contributed by atoms with E-state index >= 15 is 0 Å². The van der Waals surface area contributed by atoms with Crippen molar-refractivity contribution in [1.29, 1.82) is 0 Å². The van der Waals surface area contributed by atoms with Crippen molar-refractivity contribution < 1.29 is 0 Å². The molecular weight excluding hydrogens is 821 g/mol. The fourth-order valence-electron chi connectivity index (χ4n) is 12.2. The number of hydrogen-bond acceptors (Lipinski definition) is 0. The van der Waals surface area contributed by atoms with Crippen molar-refractivity contribution in [1.82, 2.24) is 0 Å². The van der Waals surface area contributed by atoms with Gasteiger partial charge in [-0.15, -0.1) is 0 Å². The third-order valence-electron chi connectivity index (χ3n) is 14.9. The molecule has 0 aliphatic heterocycles. The van der Waals surface area contributed by atoms with Gasteiger partial charge in [-0.3, -0.25) is 0 Å². The summed E-state index contributed by atoms with van der Waals surface area (Å²) in [6.07, 6.45) is 0. The van der Waals surface area contributed by atoms with Crippen LogP contribution in [0.2, 0.25) is 0 Å². The monoisotopic (exact) mass is 862 g/mol. The van der Waals surface area contributed by atoms with Crippen molar-refractivity contribution >= 4 is 115 Å². The highest BCUT2D eigenvalue weighted by atomic mass is 28.3. The molecule has 0 spiro atoms. The molecule has 14 rings (SSSR count). The minimum Gasteiger partial charge on any atom is -0.0623 e. The topological polar surface area (TPSA) is 0 Å². The van der Waals surface area contributed by atoms with Gasteiger partial charge in [-0.2, -0.15) is 0 Å². The van der Waals surface area contributed by atoms with Gasteiger partial charge in [0.15, 0.2) is 8.07 Å². The molecule has 14 aromatic rings. The van der Waals surface area contributed by atoms with Gasteiger partial charge in [0.25, 0.3) is 0 Å². The molecular formula is C66H42Si. The van der Waals surface area contributed by atoms with Crippen molar-refractivity contribution in [3.63, 3.8) is 0 Å². The summed E-state index contributed by atoms with van der Waals surface area (Å²) >= 11 is 0. The Morgan fingerprint density at radius 2 is 0.612 bits per heavy atom. The van der Waals surface area contributed by atoms with Crippen LogP contribution in [0.15, 0.2) is 255 Å². The first-order valence-corrected chi connectivity index (χ1v) is 25.4. The molecule has 0 aliphatic rings. The number of hydrogen-bond donors (Lipinski definition) is 0. The van der Waals surface area contributed by atoms with E-state index in [0.717, 1.165) is 0 Å². The van der Waals surface area contributed by atoms with Crippen LogP contribution in [-0.2, 0) is 0 Å². The fraction of sp³-hybridized carbons (Fsp3) is 0. The van der Waals surface area contributed by atoms with Crippen molar-refractivity contribution in [2.45, 2.75) is 0 Å². The normalized spacial score (nSPS) is 12.2. The Balaban J connectivity index is 1.17. The average molecular weight is 863 g/mol. The van der Waals surface area contributed by atoms with Crippen molar-refractivity contribution in [3.8, 4) is 22.3 Å². The average Bonchev–Trinajstić information content (AvgIpc) is 3.40. The highest BCUT2D eigenvalue weighted by molar-refractivity contribution is 7.22. The van der Waals surface area contributed by atoms with Gasteiger partial charge in [-0.05, 0) is 135 Å². The number of benzene rings is 14. The van der Waals surface area contributed by atoms with Crippen LogP contribution in [0.4, 0.5) is 0 Å². The lowest BCUT2D eigenvalue weighted by molar-refractivity contribution is 1.69. The lowest BCUT2D eigenvalue weighted by atomic mass is 9.82. The molecule has 0 amide bonds. The maximum Gasteiger partial charge on any atom is 0.181 e. The molecule has 0 nitrogen and oxygen atoms in total. The van der Waals surface area contributed by atoms with Crippen LogP contribution >= 0.6 is 0 Å². The van der Waals surface area contributed by atoms with Crippen molar-refractivity contribution in [3.05, 3.63) is 255 Å². The van der Waals surface area contributed by atoms with Crippen LogP contribution < -0.4 is 20.7 Å². The third-order valence-corrected chi connectivity index (χ3v) is 19.8. The van der Waals surface area contributed by atoms with E-state index in [1.807, 2.05) is 0 Å². The van der Waals surface area contributed by atoms with Gasteiger partial charge in [0, 0.05) is 0 Å². The SMILES string of the molecule is c1ccc([Si](c2ccccc2)(c2c3ccccc3c(-c3c4ccccc4c(-c4ccc5ccccc5c4)c4ccccc34)c3ccccc23)c2ccc3ccc4cccc5ccc2c3c45)cc1. The second-order valence-corrected chi connectivity index (χ2v) is 21.9. The van der Waals surface area contributed by atoms with Gasteiger partial charge in [0.2, 0.25) is 0 Å². The molecule has 0 N–H and O–H groups in total. The molecule has 310 valence electrons. The highest BCUT2D eigenvalue weighted by Gasteiger charge is 2.45. The quantitative estimate of drug-likeness (QED) is 0.0676. The summed E-state index contributed by atoms with van der Waals surface area (Å²) in [6.45, 7) is 0. The van der Waals surface area contributed by atoms with Gasteiger partial charge >= 0.3 is 0 Å². The van der Waals surface area contributed by atoms with Crippen LogP contribution in [0.5, 0.6) is 0 Å². The summed E-state index contributed by atoms with van der Waals surface area (Å²) in [5, 5.41) is 26.1. The zero-order valence-electron chi connectivity index (χ0n) is 36.7. The second kappa shape index (κ2) is 14.8.